The molecule has 3 aromatic rings. The molecule has 0 saturated heterocycles. The Morgan fingerprint density at radius 1 is 1.00 bits per heavy atom. The van der Waals surface area contributed by atoms with Gasteiger partial charge in [0.05, 0.1) is 16.8 Å². The second-order valence-corrected chi connectivity index (χ2v) is 6.86. The van der Waals surface area contributed by atoms with Crippen molar-refractivity contribution in [3.8, 4) is 11.5 Å². The lowest BCUT2D eigenvalue weighted by atomic mass is 10.1. The van der Waals surface area contributed by atoms with Gasteiger partial charge in [-0.3, -0.25) is 9.59 Å². The summed E-state index contributed by atoms with van der Waals surface area (Å²) in [4.78, 5) is 37.1. The summed E-state index contributed by atoms with van der Waals surface area (Å²) in [6.07, 6.45) is 0. The van der Waals surface area contributed by atoms with Crippen LogP contribution in [0.1, 0.15) is 31.1 Å². The molecule has 1 amide bonds. The van der Waals surface area contributed by atoms with E-state index in [1.807, 2.05) is 0 Å². The van der Waals surface area contributed by atoms with Crippen molar-refractivity contribution >= 4 is 34.7 Å². The van der Waals surface area contributed by atoms with Crippen molar-refractivity contribution in [3.63, 3.8) is 0 Å². The first kappa shape index (κ1) is 18.7. The number of amides is 1. The third-order valence-electron chi connectivity index (χ3n) is 4.21. The number of para-hydroxylation sites is 1. The molecule has 1 aromatic heterocycles. The Hall–Kier alpha value is -3.65. The number of anilines is 1. The number of thiophene rings is 1. The van der Waals surface area contributed by atoms with Gasteiger partial charge in [-0.1, -0.05) is 12.1 Å². The molecule has 0 saturated carbocycles. The fraction of sp³-hybridized carbons (Fsp3) is 0.0952. The fourth-order valence-electron chi connectivity index (χ4n) is 2.72. The molecule has 7 nitrogen and oxygen atoms in total. The third kappa shape index (κ3) is 4.12. The molecule has 1 aliphatic rings. The molecule has 29 heavy (non-hydrogen) atoms. The van der Waals surface area contributed by atoms with Gasteiger partial charge < -0.3 is 19.5 Å². The standard InChI is InChI=1S/C21H15NO6S/c23-17(13-5-6-18-19(9-13)28-12-27-18)10-26-21(25)15-3-1-2-4-16(15)22-20(24)14-7-8-29-11-14/h1-9,11H,10,12H2,(H,22,24). The number of nitrogens with one attached hydrogen (secondary N) is 1. The van der Waals surface area contributed by atoms with E-state index in [4.69, 9.17) is 14.2 Å². The van der Waals surface area contributed by atoms with E-state index in [0.29, 0.717) is 28.3 Å². The highest BCUT2D eigenvalue weighted by molar-refractivity contribution is 7.08. The molecule has 0 bridgehead atoms. The van der Waals surface area contributed by atoms with Gasteiger partial charge >= 0.3 is 5.97 Å². The van der Waals surface area contributed by atoms with E-state index in [0.717, 1.165) is 0 Å². The Balaban J connectivity index is 1.42. The van der Waals surface area contributed by atoms with Crippen molar-refractivity contribution < 1.29 is 28.6 Å². The van der Waals surface area contributed by atoms with Crippen LogP contribution in [0.5, 0.6) is 11.5 Å². The largest absolute Gasteiger partial charge is 0.454 e. The molecule has 2 aromatic carbocycles. The van der Waals surface area contributed by atoms with E-state index in [1.165, 1.54) is 17.4 Å². The zero-order valence-electron chi connectivity index (χ0n) is 15.0. The Labute approximate surface area is 169 Å². The minimum atomic E-state index is -0.708. The van der Waals surface area contributed by atoms with Gasteiger partial charge in [0.25, 0.3) is 5.91 Å². The number of ether oxygens (including phenoxy) is 3. The molecule has 0 fully saturated rings. The zero-order chi connectivity index (χ0) is 20.2. The van der Waals surface area contributed by atoms with Crippen molar-refractivity contribution in [2.45, 2.75) is 0 Å². The van der Waals surface area contributed by atoms with Crippen molar-refractivity contribution in [1.82, 2.24) is 0 Å². The zero-order valence-corrected chi connectivity index (χ0v) is 15.9. The van der Waals surface area contributed by atoms with Crippen molar-refractivity contribution in [3.05, 3.63) is 76.0 Å². The number of carbonyl (C=O) groups is 3. The molecular weight excluding hydrogens is 394 g/mol. The quantitative estimate of drug-likeness (QED) is 0.492. The lowest BCUT2D eigenvalue weighted by Gasteiger charge is -2.10. The predicted molar refractivity (Wildman–Crippen MR) is 106 cm³/mol. The second kappa shape index (κ2) is 8.15. The Morgan fingerprint density at radius 3 is 2.66 bits per heavy atom. The van der Waals surface area contributed by atoms with Crippen LogP contribution >= 0.6 is 11.3 Å². The van der Waals surface area contributed by atoms with Crippen LogP contribution in [0.15, 0.2) is 59.3 Å². The number of ketones is 1. The average molecular weight is 409 g/mol. The number of Topliss-reactive ketones (excluding diaryl/α,β-unsaturated/α-hetero) is 1. The summed E-state index contributed by atoms with van der Waals surface area (Å²) in [6, 6.07) is 12.9. The second-order valence-electron chi connectivity index (χ2n) is 6.08. The fourth-order valence-corrected chi connectivity index (χ4v) is 3.36. The maximum absolute atomic E-state index is 12.5. The summed E-state index contributed by atoms with van der Waals surface area (Å²) in [5.41, 5.74) is 1.32. The SMILES string of the molecule is O=C(COC(=O)c1ccccc1NC(=O)c1ccsc1)c1ccc2c(c1)OCO2. The average Bonchev–Trinajstić information content (AvgIpc) is 3.43. The lowest BCUT2D eigenvalue weighted by Crippen LogP contribution is -2.18. The minimum absolute atomic E-state index is 0.107. The number of benzene rings is 2. The van der Waals surface area contributed by atoms with E-state index >= 15 is 0 Å². The van der Waals surface area contributed by atoms with Gasteiger partial charge in [0.1, 0.15) is 0 Å². The van der Waals surface area contributed by atoms with Gasteiger partial charge in [0.15, 0.2) is 23.9 Å². The highest BCUT2D eigenvalue weighted by Gasteiger charge is 2.19. The normalized spacial score (nSPS) is 11.7. The van der Waals surface area contributed by atoms with Gasteiger partial charge in [-0.2, -0.15) is 11.3 Å². The van der Waals surface area contributed by atoms with Gasteiger partial charge in [0, 0.05) is 10.9 Å². The number of hydrogen-bond acceptors (Lipinski definition) is 7. The first-order chi connectivity index (χ1) is 14.1. The molecular formula is C21H15NO6S. The number of rotatable bonds is 6. The molecule has 1 aliphatic heterocycles. The van der Waals surface area contributed by atoms with Crippen LogP contribution in [-0.4, -0.2) is 31.1 Å². The predicted octanol–water partition coefficient (Wildman–Crippen LogP) is 3.77. The van der Waals surface area contributed by atoms with Crippen LogP contribution in [0.4, 0.5) is 5.69 Å². The van der Waals surface area contributed by atoms with Crippen LogP contribution < -0.4 is 14.8 Å². The molecule has 0 radical (unpaired) electrons. The Bertz CT molecular complexity index is 1080. The number of esters is 1. The first-order valence-corrected chi connectivity index (χ1v) is 9.58. The van der Waals surface area contributed by atoms with Gasteiger partial charge in [-0.05, 0) is 41.8 Å². The lowest BCUT2D eigenvalue weighted by molar-refractivity contribution is 0.0475. The summed E-state index contributed by atoms with van der Waals surface area (Å²) in [6.45, 7) is -0.332. The smallest absolute Gasteiger partial charge is 0.340 e. The number of fused-ring (bicyclic) bond motifs is 1. The van der Waals surface area contributed by atoms with Crippen LogP contribution in [-0.2, 0) is 4.74 Å². The van der Waals surface area contributed by atoms with E-state index in [2.05, 4.69) is 5.32 Å². The van der Waals surface area contributed by atoms with Crippen LogP contribution in [0.2, 0.25) is 0 Å². The van der Waals surface area contributed by atoms with E-state index in [9.17, 15) is 14.4 Å². The minimum Gasteiger partial charge on any atom is -0.454 e. The molecule has 4 rings (SSSR count). The van der Waals surface area contributed by atoms with Crippen molar-refractivity contribution in [2.75, 3.05) is 18.7 Å². The van der Waals surface area contributed by atoms with Gasteiger partial charge in [-0.15, -0.1) is 0 Å². The maximum atomic E-state index is 12.5. The summed E-state index contributed by atoms with van der Waals surface area (Å²) in [5.74, 6) is -0.378. The van der Waals surface area contributed by atoms with Gasteiger partial charge in [-0.25, -0.2) is 4.79 Å². The van der Waals surface area contributed by atoms with E-state index in [1.54, 1.807) is 53.2 Å². The molecule has 8 heteroatoms. The van der Waals surface area contributed by atoms with Gasteiger partial charge in [0.2, 0.25) is 6.79 Å². The summed E-state index contributed by atoms with van der Waals surface area (Å²) >= 11 is 1.40. The third-order valence-corrected chi connectivity index (χ3v) is 4.89. The molecule has 0 unspecified atom stereocenters. The number of carbonyl (C=O) groups excluding carboxylic acids is 3. The first-order valence-electron chi connectivity index (χ1n) is 8.64. The maximum Gasteiger partial charge on any atom is 0.340 e. The van der Waals surface area contributed by atoms with Crippen molar-refractivity contribution in [1.29, 1.82) is 0 Å². The molecule has 146 valence electrons. The Kier molecular flexibility index (Phi) is 5.26. The van der Waals surface area contributed by atoms with Crippen molar-refractivity contribution in [2.24, 2.45) is 0 Å². The monoisotopic (exact) mass is 409 g/mol. The molecule has 0 aliphatic carbocycles. The Morgan fingerprint density at radius 2 is 1.83 bits per heavy atom. The summed E-state index contributed by atoms with van der Waals surface area (Å²) < 4.78 is 15.6. The molecule has 2 heterocycles. The molecule has 0 spiro atoms. The molecule has 1 N–H and O–H groups in total. The van der Waals surface area contributed by atoms with E-state index in [-0.39, 0.29) is 24.0 Å². The highest BCUT2D eigenvalue weighted by Crippen LogP contribution is 2.32. The highest BCUT2D eigenvalue weighted by atomic mass is 32.1. The van der Waals surface area contributed by atoms with Crippen LogP contribution in [0.3, 0.4) is 0 Å². The van der Waals surface area contributed by atoms with Crippen LogP contribution in [0, 0.1) is 0 Å². The summed E-state index contributed by atoms with van der Waals surface area (Å²) in [5, 5.41) is 6.19. The topological polar surface area (TPSA) is 90.9 Å². The van der Waals surface area contributed by atoms with Crippen LogP contribution in [0.25, 0.3) is 0 Å². The molecule has 0 atom stereocenters. The summed E-state index contributed by atoms with van der Waals surface area (Å²) in [7, 11) is 0. The van der Waals surface area contributed by atoms with E-state index < -0.39 is 12.6 Å². The number of hydrogen-bond donors (Lipinski definition) is 1.